The molecule has 2 N–H and O–H groups in total. The number of carbonyl (C=O) groups excluding carboxylic acids is 1. The maximum Gasteiger partial charge on any atom is 0.239 e. The smallest absolute Gasteiger partial charge is 0.239 e. The molecule has 4 rings (SSSR count). The highest BCUT2D eigenvalue weighted by Gasteiger charge is 2.35. The monoisotopic (exact) mass is 554 g/mol. The fourth-order valence-electron chi connectivity index (χ4n) is 4.73. The van der Waals surface area contributed by atoms with Crippen LogP contribution in [0, 0.1) is 0 Å². The Kier molecular flexibility index (Phi) is 10.1. The highest BCUT2D eigenvalue weighted by atomic mass is 32.2. The van der Waals surface area contributed by atoms with Crippen LogP contribution in [0.3, 0.4) is 0 Å². The van der Waals surface area contributed by atoms with Crippen molar-refractivity contribution in [1.82, 2.24) is 24.1 Å². The number of ether oxygens (including phenoxy) is 1. The minimum absolute atomic E-state index is 0.239. The summed E-state index contributed by atoms with van der Waals surface area (Å²) < 4.78 is 30.4. The maximum absolute atomic E-state index is 13.1. The van der Waals surface area contributed by atoms with E-state index in [9.17, 15) is 13.6 Å². The molecule has 2 heterocycles. The molecule has 10 nitrogen and oxygen atoms in total. The number of amides is 1. The Labute approximate surface area is 233 Å². The normalized spacial score (nSPS) is 17.1. The minimum atomic E-state index is -2.21. The van der Waals surface area contributed by atoms with Crippen LogP contribution in [-0.2, 0) is 35.4 Å². The third-order valence-electron chi connectivity index (χ3n) is 7.08. The van der Waals surface area contributed by atoms with Gasteiger partial charge < -0.3 is 19.5 Å². The molecule has 0 bridgehead atoms. The summed E-state index contributed by atoms with van der Waals surface area (Å²) in [5.74, 6) is 0.577. The molecule has 0 saturated carbocycles. The number of nitrogens with zero attached hydrogens (tertiary/aromatic N) is 5. The number of imidazole rings is 1. The second kappa shape index (κ2) is 13.7. The molecule has 0 aliphatic carbocycles. The van der Waals surface area contributed by atoms with Crippen LogP contribution in [0.15, 0.2) is 61.1 Å². The van der Waals surface area contributed by atoms with Gasteiger partial charge in [0.05, 0.1) is 13.4 Å². The molecule has 2 unspecified atom stereocenters. The quantitative estimate of drug-likeness (QED) is 0.330. The number of carbonyl (C=O) groups is 1. The summed E-state index contributed by atoms with van der Waals surface area (Å²) in [5, 5.41) is 2.98. The van der Waals surface area contributed by atoms with E-state index in [4.69, 9.17) is 4.74 Å². The Hall–Kier alpha value is -3.25. The van der Waals surface area contributed by atoms with Crippen molar-refractivity contribution in [3.05, 3.63) is 77.9 Å². The van der Waals surface area contributed by atoms with E-state index in [0.29, 0.717) is 39.1 Å². The summed E-state index contributed by atoms with van der Waals surface area (Å²) in [6, 6.07) is 15.6. The van der Waals surface area contributed by atoms with E-state index in [-0.39, 0.29) is 5.91 Å². The fraction of sp³-hybridized carbons (Fsp3) is 0.429. The molecule has 11 heteroatoms. The van der Waals surface area contributed by atoms with Gasteiger partial charge in [-0.05, 0) is 41.8 Å². The average Bonchev–Trinajstić information content (AvgIpc) is 3.38. The summed E-state index contributed by atoms with van der Waals surface area (Å²) in [5.41, 5.74) is 4.50. The van der Waals surface area contributed by atoms with Gasteiger partial charge in [-0.2, -0.15) is 4.31 Å². The number of nitrogens with one attached hydrogen (secondary N) is 1. The zero-order valence-electron chi connectivity index (χ0n) is 22.8. The predicted octanol–water partition coefficient (Wildman–Crippen LogP) is 2.03. The molecule has 1 aromatic heterocycles. The number of aromatic nitrogens is 2. The molecular formula is C28H38N6O4S. The lowest BCUT2D eigenvalue weighted by molar-refractivity contribution is -0.126. The van der Waals surface area contributed by atoms with Crippen molar-refractivity contribution in [3.63, 3.8) is 0 Å². The van der Waals surface area contributed by atoms with Crippen LogP contribution in [-0.4, -0.2) is 93.4 Å². The molecule has 2 atom stereocenters. The van der Waals surface area contributed by atoms with Gasteiger partial charge in [0.25, 0.3) is 0 Å². The molecule has 1 aliphatic heterocycles. The topological polar surface area (TPSA) is 103 Å². The minimum Gasteiger partial charge on any atom is -0.497 e. The summed E-state index contributed by atoms with van der Waals surface area (Å²) in [6.07, 6.45) is 5.05. The van der Waals surface area contributed by atoms with E-state index in [1.807, 2.05) is 44.6 Å². The van der Waals surface area contributed by atoms with Crippen molar-refractivity contribution < 1.29 is 18.3 Å². The van der Waals surface area contributed by atoms with Crippen molar-refractivity contribution in [1.29, 1.82) is 0 Å². The number of anilines is 1. The first kappa shape index (κ1) is 28.8. The number of methoxy groups -OCH3 is 1. The molecule has 1 amide bonds. The Balaban J connectivity index is 1.29. The van der Waals surface area contributed by atoms with Gasteiger partial charge in [-0.15, -0.1) is 0 Å². The van der Waals surface area contributed by atoms with Crippen molar-refractivity contribution in [2.45, 2.75) is 25.4 Å². The van der Waals surface area contributed by atoms with Crippen molar-refractivity contribution in [2.75, 3.05) is 58.8 Å². The molecule has 3 aromatic rings. The SMILES string of the molecule is COc1ccc(CCN2CCN(S(=O)O)C(C(=O)NCCc3cncn3Cc3ccc(N(C)C)cc3)C2)cc1. The second-order valence-corrected chi connectivity index (χ2v) is 10.8. The lowest BCUT2D eigenvalue weighted by Crippen LogP contribution is -2.59. The third-order valence-corrected chi connectivity index (χ3v) is 7.92. The zero-order chi connectivity index (χ0) is 27.8. The van der Waals surface area contributed by atoms with E-state index in [2.05, 4.69) is 48.9 Å². The number of rotatable bonds is 12. The largest absolute Gasteiger partial charge is 0.497 e. The van der Waals surface area contributed by atoms with E-state index in [1.165, 1.54) is 15.4 Å². The lowest BCUT2D eigenvalue weighted by Gasteiger charge is -2.38. The molecule has 1 fully saturated rings. The number of benzene rings is 2. The van der Waals surface area contributed by atoms with Gasteiger partial charge >= 0.3 is 0 Å². The number of hydrogen-bond donors (Lipinski definition) is 2. The maximum atomic E-state index is 13.1. The van der Waals surface area contributed by atoms with Gasteiger partial charge in [0.2, 0.25) is 17.2 Å². The first-order valence-electron chi connectivity index (χ1n) is 13.1. The predicted molar refractivity (Wildman–Crippen MR) is 153 cm³/mol. The van der Waals surface area contributed by atoms with Gasteiger partial charge in [0.15, 0.2) is 0 Å². The van der Waals surface area contributed by atoms with Crippen LogP contribution in [0.4, 0.5) is 5.69 Å². The Bertz CT molecular complexity index is 1230. The van der Waals surface area contributed by atoms with Gasteiger partial charge in [0, 0.05) is 77.4 Å². The standard InChI is InChI=1S/C28H38N6O4S/c1-31(2)24-8-4-23(5-9-24)19-33-21-29-18-25(33)12-14-30-28(35)27-20-32(16-17-34(27)39(36)37)15-13-22-6-10-26(38-3)11-7-22/h4-11,18,21,27H,12-17,19-20H2,1-3H3,(H,30,35)(H,36,37). The fourth-order valence-corrected chi connectivity index (χ4v) is 5.35. The first-order valence-corrected chi connectivity index (χ1v) is 14.2. The van der Waals surface area contributed by atoms with E-state index >= 15 is 0 Å². The van der Waals surface area contributed by atoms with Gasteiger partial charge in [0.1, 0.15) is 11.8 Å². The first-order chi connectivity index (χ1) is 18.8. The van der Waals surface area contributed by atoms with Crippen molar-refractivity contribution in [3.8, 4) is 5.75 Å². The molecular weight excluding hydrogens is 516 g/mol. The van der Waals surface area contributed by atoms with E-state index < -0.39 is 17.3 Å². The van der Waals surface area contributed by atoms with Crippen LogP contribution in [0.1, 0.15) is 16.8 Å². The van der Waals surface area contributed by atoms with Crippen LogP contribution in [0.5, 0.6) is 5.75 Å². The Morgan fingerprint density at radius 2 is 1.82 bits per heavy atom. The highest BCUT2D eigenvalue weighted by molar-refractivity contribution is 7.76. The highest BCUT2D eigenvalue weighted by Crippen LogP contribution is 2.16. The molecule has 39 heavy (non-hydrogen) atoms. The van der Waals surface area contributed by atoms with Crippen LogP contribution in [0.2, 0.25) is 0 Å². The summed E-state index contributed by atoms with van der Waals surface area (Å²) >= 11 is -2.21. The third kappa shape index (κ3) is 7.89. The van der Waals surface area contributed by atoms with Crippen LogP contribution >= 0.6 is 0 Å². The summed E-state index contributed by atoms with van der Waals surface area (Å²) in [4.78, 5) is 21.7. The van der Waals surface area contributed by atoms with Gasteiger partial charge in [-0.3, -0.25) is 14.2 Å². The molecule has 2 aromatic carbocycles. The Morgan fingerprint density at radius 1 is 1.10 bits per heavy atom. The van der Waals surface area contributed by atoms with E-state index in [0.717, 1.165) is 30.1 Å². The summed E-state index contributed by atoms with van der Waals surface area (Å²) in [7, 11) is 5.68. The van der Waals surface area contributed by atoms with Crippen molar-refractivity contribution >= 4 is 22.9 Å². The van der Waals surface area contributed by atoms with Crippen LogP contribution in [0.25, 0.3) is 0 Å². The molecule has 0 radical (unpaired) electrons. The van der Waals surface area contributed by atoms with Gasteiger partial charge in [-0.25, -0.2) is 9.19 Å². The number of piperazine rings is 1. The zero-order valence-corrected chi connectivity index (χ0v) is 23.6. The molecule has 210 valence electrons. The lowest BCUT2D eigenvalue weighted by atomic mass is 10.1. The van der Waals surface area contributed by atoms with Crippen molar-refractivity contribution in [2.24, 2.45) is 0 Å². The molecule has 0 spiro atoms. The van der Waals surface area contributed by atoms with Crippen LogP contribution < -0.4 is 15.0 Å². The number of hydrogen-bond acceptors (Lipinski definition) is 6. The molecule has 1 aliphatic rings. The second-order valence-electron chi connectivity index (χ2n) is 9.90. The van der Waals surface area contributed by atoms with E-state index in [1.54, 1.807) is 13.4 Å². The van der Waals surface area contributed by atoms with Gasteiger partial charge in [-0.1, -0.05) is 24.3 Å². The summed E-state index contributed by atoms with van der Waals surface area (Å²) in [6.45, 7) is 3.24. The molecule has 1 saturated heterocycles. The average molecular weight is 555 g/mol. The Morgan fingerprint density at radius 3 is 2.49 bits per heavy atom.